The normalized spacial score (nSPS) is 16.0. The molecule has 2 aromatic rings. The molecule has 0 spiro atoms. The van der Waals surface area contributed by atoms with Crippen LogP contribution in [0.1, 0.15) is 11.1 Å². The Morgan fingerprint density at radius 3 is 2.64 bits per heavy atom. The van der Waals surface area contributed by atoms with Gasteiger partial charge in [0.15, 0.2) is 0 Å². The van der Waals surface area contributed by atoms with Gasteiger partial charge in [-0.1, -0.05) is 42.5 Å². The number of aliphatic imine (C=N–C) groups is 1. The number of amidine groups is 1. The minimum absolute atomic E-state index is 0.135. The van der Waals surface area contributed by atoms with Gasteiger partial charge in [0, 0.05) is 25.3 Å². The highest BCUT2D eigenvalue weighted by molar-refractivity contribution is 6.07. The van der Waals surface area contributed by atoms with E-state index in [1.54, 1.807) is 21.9 Å². The standard InChI is InChI=1S/C21H20N4O3/c1-15-7-5-6-8-16(15)13-24-11-12-25-18(14-28-21(25)23-20(24)27)19(26)22-17-9-3-2-4-10-17/h2-10,14H,11-13H2,1H3,(H,22,26). The van der Waals surface area contributed by atoms with Gasteiger partial charge >= 0.3 is 12.1 Å². The minimum atomic E-state index is -0.376. The van der Waals surface area contributed by atoms with Gasteiger partial charge in [-0.3, -0.25) is 9.69 Å². The SMILES string of the molecule is Cc1ccccc1CN1CCN2C(C(=O)Nc3ccccc3)=COC2=NC1=O. The fourth-order valence-electron chi connectivity index (χ4n) is 3.14. The predicted octanol–water partition coefficient (Wildman–Crippen LogP) is 3.10. The fourth-order valence-corrected chi connectivity index (χ4v) is 3.14. The van der Waals surface area contributed by atoms with Gasteiger partial charge in [0.05, 0.1) is 0 Å². The molecule has 7 heteroatoms. The largest absolute Gasteiger partial charge is 0.431 e. The second kappa shape index (κ2) is 7.56. The lowest BCUT2D eigenvalue weighted by molar-refractivity contribution is -0.113. The topological polar surface area (TPSA) is 74.2 Å². The number of para-hydroxylation sites is 1. The number of ether oxygens (including phenoxy) is 1. The van der Waals surface area contributed by atoms with Gasteiger partial charge in [-0.05, 0) is 30.2 Å². The van der Waals surface area contributed by atoms with Crippen LogP contribution >= 0.6 is 0 Å². The van der Waals surface area contributed by atoms with E-state index in [-0.39, 0.29) is 18.0 Å². The molecule has 0 saturated heterocycles. The number of hydrogen-bond acceptors (Lipinski definition) is 4. The lowest BCUT2D eigenvalue weighted by Crippen LogP contribution is -2.36. The van der Waals surface area contributed by atoms with E-state index in [2.05, 4.69) is 10.3 Å². The number of nitrogens with one attached hydrogen (secondary N) is 1. The number of carbonyl (C=O) groups is 2. The smallest absolute Gasteiger partial charge is 0.348 e. The van der Waals surface area contributed by atoms with Gasteiger partial charge in [0.1, 0.15) is 12.0 Å². The van der Waals surface area contributed by atoms with Crippen molar-refractivity contribution in [3.63, 3.8) is 0 Å². The number of amides is 3. The molecule has 0 aromatic heterocycles. The quantitative estimate of drug-likeness (QED) is 0.890. The Hall–Kier alpha value is -3.61. The number of fused-ring (bicyclic) bond motifs is 1. The first kappa shape index (κ1) is 17.8. The van der Waals surface area contributed by atoms with Crippen LogP contribution in [-0.4, -0.2) is 40.8 Å². The fraction of sp³-hybridized carbons (Fsp3) is 0.190. The highest BCUT2D eigenvalue weighted by Gasteiger charge is 2.33. The van der Waals surface area contributed by atoms with Crippen LogP contribution in [0.3, 0.4) is 0 Å². The maximum atomic E-state index is 12.6. The van der Waals surface area contributed by atoms with Crippen LogP contribution in [0.15, 0.2) is 71.5 Å². The van der Waals surface area contributed by atoms with E-state index >= 15 is 0 Å². The second-order valence-corrected chi connectivity index (χ2v) is 6.62. The van der Waals surface area contributed by atoms with Crippen molar-refractivity contribution < 1.29 is 14.3 Å². The summed E-state index contributed by atoms with van der Waals surface area (Å²) in [6.45, 7) is 3.33. The summed E-state index contributed by atoms with van der Waals surface area (Å²) in [4.78, 5) is 32.5. The summed E-state index contributed by atoms with van der Waals surface area (Å²) >= 11 is 0. The first-order chi connectivity index (χ1) is 13.6. The Kier molecular flexibility index (Phi) is 4.80. The van der Waals surface area contributed by atoms with E-state index in [1.165, 1.54) is 6.26 Å². The lowest BCUT2D eigenvalue weighted by Gasteiger charge is -2.22. The molecule has 0 radical (unpaired) electrons. The van der Waals surface area contributed by atoms with Crippen LogP contribution < -0.4 is 5.32 Å². The second-order valence-electron chi connectivity index (χ2n) is 6.62. The number of hydrogen-bond donors (Lipinski definition) is 1. The highest BCUT2D eigenvalue weighted by atomic mass is 16.5. The molecule has 0 saturated carbocycles. The molecule has 3 amide bonds. The number of anilines is 1. The molecule has 0 unspecified atom stereocenters. The van der Waals surface area contributed by atoms with E-state index in [0.717, 1.165) is 11.1 Å². The maximum absolute atomic E-state index is 12.6. The van der Waals surface area contributed by atoms with Crippen LogP contribution in [-0.2, 0) is 16.1 Å². The summed E-state index contributed by atoms with van der Waals surface area (Å²) in [5.41, 5.74) is 3.20. The lowest BCUT2D eigenvalue weighted by atomic mass is 10.1. The third-order valence-corrected chi connectivity index (χ3v) is 4.74. The van der Waals surface area contributed by atoms with Crippen molar-refractivity contribution in [1.82, 2.24) is 9.80 Å². The van der Waals surface area contributed by atoms with Crippen molar-refractivity contribution >= 4 is 23.6 Å². The molecule has 7 nitrogen and oxygen atoms in total. The monoisotopic (exact) mass is 376 g/mol. The van der Waals surface area contributed by atoms with Crippen LogP contribution in [0.5, 0.6) is 0 Å². The van der Waals surface area contributed by atoms with Crippen LogP contribution in [0.4, 0.5) is 10.5 Å². The molecule has 1 N–H and O–H groups in total. The predicted molar refractivity (Wildman–Crippen MR) is 105 cm³/mol. The summed E-state index contributed by atoms with van der Waals surface area (Å²) < 4.78 is 5.41. The molecule has 2 aromatic carbocycles. The van der Waals surface area contributed by atoms with Gasteiger partial charge in [-0.25, -0.2) is 4.79 Å². The van der Waals surface area contributed by atoms with Crippen LogP contribution in [0, 0.1) is 6.92 Å². The maximum Gasteiger partial charge on any atom is 0.348 e. The zero-order chi connectivity index (χ0) is 19.5. The molecule has 0 aliphatic carbocycles. The van der Waals surface area contributed by atoms with Crippen molar-refractivity contribution in [2.75, 3.05) is 18.4 Å². The zero-order valence-corrected chi connectivity index (χ0v) is 15.5. The molecule has 142 valence electrons. The van der Waals surface area contributed by atoms with Gasteiger partial charge in [0.25, 0.3) is 5.91 Å². The minimum Gasteiger partial charge on any atom is -0.431 e. The van der Waals surface area contributed by atoms with Crippen molar-refractivity contribution in [2.24, 2.45) is 4.99 Å². The van der Waals surface area contributed by atoms with Crippen molar-refractivity contribution in [2.45, 2.75) is 13.5 Å². The summed E-state index contributed by atoms with van der Waals surface area (Å²) in [5.74, 6) is -0.309. The van der Waals surface area contributed by atoms with Crippen molar-refractivity contribution in [1.29, 1.82) is 0 Å². The van der Waals surface area contributed by atoms with Crippen molar-refractivity contribution in [3.8, 4) is 0 Å². The van der Waals surface area contributed by atoms with Gasteiger partial charge in [-0.15, -0.1) is 4.99 Å². The molecule has 28 heavy (non-hydrogen) atoms. The average Bonchev–Trinajstić information content (AvgIpc) is 3.03. The number of aryl methyl sites for hydroxylation is 1. The number of rotatable bonds is 4. The Morgan fingerprint density at radius 2 is 1.86 bits per heavy atom. The molecule has 2 heterocycles. The summed E-state index contributed by atoms with van der Waals surface area (Å²) in [6.07, 6.45) is 1.33. The first-order valence-corrected chi connectivity index (χ1v) is 9.05. The first-order valence-electron chi connectivity index (χ1n) is 9.05. The summed E-state index contributed by atoms with van der Waals surface area (Å²) in [7, 11) is 0. The highest BCUT2D eigenvalue weighted by Crippen LogP contribution is 2.21. The third-order valence-electron chi connectivity index (χ3n) is 4.74. The van der Waals surface area contributed by atoms with E-state index < -0.39 is 0 Å². The summed E-state index contributed by atoms with van der Waals surface area (Å²) in [5, 5.41) is 2.82. The van der Waals surface area contributed by atoms with Gasteiger partial charge in [-0.2, -0.15) is 0 Å². The molecule has 0 fully saturated rings. The zero-order valence-electron chi connectivity index (χ0n) is 15.5. The number of benzene rings is 2. The van der Waals surface area contributed by atoms with E-state index in [9.17, 15) is 9.59 Å². The molecule has 0 atom stereocenters. The number of urea groups is 1. The van der Waals surface area contributed by atoms with E-state index in [0.29, 0.717) is 31.0 Å². The van der Waals surface area contributed by atoms with E-state index in [1.807, 2.05) is 49.4 Å². The van der Waals surface area contributed by atoms with Gasteiger partial charge < -0.3 is 15.0 Å². The van der Waals surface area contributed by atoms with E-state index in [4.69, 9.17) is 4.74 Å². The third kappa shape index (κ3) is 3.59. The molecule has 0 bridgehead atoms. The Bertz CT molecular complexity index is 969. The van der Waals surface area contributed by atoms with Crippen LogP contribution in [0.25, 0.3) is 0 Å². The summed E-state index contributed by atoms with van der Waals surface area (Å²) in [6, 6.07) is 16.9. The number of nitrogens with zero attached hydrogens (tertiary/aromatic N) is 3. The van der Waals surface area contributed by atoms with Gasteiger partial charge in [0.2, 0.25) is 0 Å². The Balaban J connectivity index is 1.47. The number of carbonyl (C=O) groups excluding carboxylic acids is 2. The molecule has 4 rings (SSSR count). The Labute approximate surface area is 162 Å². The van der Waals surface area contributed by atoms with Crippen LogP contribution in [0.2, 0.25) is 0 Å². The molecule has 2 aliphatic rings. The average molecular weight is 376 g/mol. The molecular formula is C21H20N4O3. The van der Waals surface area contributed by atoms with Crippen molar-refractivity contribution in [3.05, 3.63) is 77.7 Å². The molecule has 2 aliphatic heterocycles. The Morgan fingerprint density at radius 1 is 1.11 bits per heavy atom. The molecular weight excluding hydrogens is 356 g/mol.